The van der Waals surface area contributed by atoms with Crippen molar-refractivity contribution in [2.24, 2.45) is 5.73 Å². The van der Waals surface area contributed by atoms with E-state index in [1.165, 1.54) is 0 Å². The number of hydrogen-bond acceptors (Lipinski definition) is 3. The summed E-state index contributed by atoms with van der Waals surface area (Å²) in [5.74, 6) is 0. The Morgan fingerprint density at radius 3 is 2.10 bits per heavy atom. The van der Waals surface area contributed by atoms with Gasteiger partial charge >= 0.3 is 0 Å². The molecule has 0 unspecified atom stereocenters. The van der Waals surface area contributed by atoms with Crippen LogP contribution in [0, 0.1) is 0 Å². The Hall–Kier alpha value is 0.160. The summed E-state index contributed by atoms with van der Waals surface area (Å²) in [7, 11) is -3.05. The van der Waals surface area contributed by atoms with E-state index in [4.69, 9.17) is 5.73 Å². The highest BCUT2D eigenvalue weighted by Crippen LogP contribution is 1.75. The van der Waals surface area contributed by atoms with Crippen molar-refractivity contribution in [1.29, 1.82) is 0 Å². The van der Waals surface area contributed by atoms with Crippen molar-refractivity contribution in [2.45, 2.75) is 13.0 Å². The Morgan fingerprint density at radius 1 is 1.60 bits per heavy atom. The number of halogens is 1. The molecular weight excluding hydrogens is 176 g/mol. The number of hydrogen-bond donors (Lipinski definition) is 2. The van der Waals surface area contributed by atoms with Gasteiger partial charge in [0.25, 0.3) is 0 Å². The van der Waals surface area contributed by atoms with Crippen LogP contribution in [-0.4, -0.2) is 27.3 Å². The summed E-state index contributed by atoms with van der Waals surface area (Å²) >= 11 is 0. The summed E-state index contributed by atoms with van der Waals surface area (Å²) in [5, 5.41) is 0. The van der Waals surface area contributed by atoms with Crippen LogP contribution in [0.2, 0.25) is 0 Å². The second-order valence-electron chi connectivity index (χ2n) is 2.10. The molecule has 0 aromatic rings. The van der Waals surface area contributed by atoms with Gasteiger partial charge in [0.05, 0.1) is 6.26 Å². The zero-order valence-electron chi connectivity index (χ0n) is 5.99. The minimum atomic E-state index is -3.05. The molecule has 0 amide bonds. The van der Waals surface area contributed by atoms with E-state index < -0.39 is 10.0 Å². The molecule has 3 N–H and O–H groups in total. The molecule has 64 valence electrons. The van der Waals surface area contributed by atoms with Crippen molar-refractivity contribution in [2.75, 3.05) is 12.8 Å². The molecule has 0 bridgehead atoms. The van der Waals surface area contributed by atoms with Gasteiger partial charge in [0.1, 0.15) is 0 Å². The largest absolute Gasteiger partial charge is 0.327 e. The number of sulfonamides is 1. The van der Waals surface area contributed by atoms with E-state index in [1.807, 2.05) is 0 Å². The molecule has 0 aromatic carbocycles. The molecule has 1 atom stereocenters. The summed E-state index contributed by atoms with van der Waals surface area (Å²) in [6, 6.07) is -0.125. The molecule has 0 spiro atoms. The molecule has 0 heterocycles. The van der Waals surface area contributed by atoms with Crippen LogP contribution in [-0.2, 0) is 10.0 Å². The van der Waals surface area contributed by atoms with Gasteiger partial charge in [-0.05, 0) is 6.92 Å². The minimum absolute atomic E-state index is 0. The monoisotopic (exact) mass is 188 g/mol. The Bertz CT molecular complexity index is 166. The predicted octanol–water partition coefficient (Wildman–Crippen LogP) is -0.695. The Balaban J connectivity index is 0. The van der Waals surface area contributed by atoms with Gasteiger partial charge in [-0.2, -0.15) is 0 Å². The quantitative estimate of drug-likeness (QED) is 0.616. The summed E-state index contributed by atoms with van der Waals surface area (Å²) in [4.78, 5) is 0. The van der Waals surface area contributed by atoms with Crippen LogP contribution in [0.15, 0.2) is 0 Å². The zero-order chi connectivity index (χ0) is 7.49. The third kappa shape index (κ3) is 11.0. The maximum absolute atomic E-state index is 10.4. The van der Waals surface area contributed by atoms with Crippen molar-refractivity contribution >= 4 is 22.4 Å². The van der Waals surface area contributed by atoms with Crippen molar-refractivity contribution < 1.29 is 8.42 Å². The maximum atomic E-state index is 10.4. The maximum Gasteiger partial charge on any atom is 0.208 e. The highest BCUT2D eigenvalue weighted by atomic mass is 35.5. The highest BCUT2D eigenvalue weighted by molar-refractivity contribution is 7.88. The lowest BCUT2D eigenvalue weighted by molar-refractivity contribution is 0.580. The van der Waals surface area contributed by atoms with E-state index in [2.05, 4.69) is 4.72 Å². The van der Waals surface area contributed by atoms with Crippen LogP contribution in [0.4, 0.5) is 0 Å². The summed E-state index contributed by atoms with van der Waals surface area (Å²) in [5.41, 5.74) is 5.27. The molecule has 0 saturated heterocycles. The molecule has 0 radical (unpaired) electrons. The second-order valence-corrected chi connectivity index (χ2v) is 3.93. The molecule has 0 fully saturated rings. The number of nitrogens with one attached hydrogen (secondary N) is 1. The molecule has 10 heavy (non-hydrogen) atoms. The van der Waals surface area contributed by atoms with E-state index in [-0.39, 0.29) is 18.4 Å². The van der Waals surface area contributed by atoms with Gasteiger partial charge in [0, 0.05) is 12.6 Å². The first-order valence-electron chi connectivity index (χ1n) is 2.62. The van der Waals surface area contributed by atoms with Gasteiger partial charge in [0.15, 0.2) is 0 Å². The molecule has 0 saturated carbocycles. The van der Waals surface area contributed by atoms with E-state index in [0.29, 0.717) is 6.54 Å². The lowest BCUT2D eigenvalue weighted by atomic mass is 10.4. The molecule has 0 aliphatic carbocycles. The standard InChI is InChI=1S/C4H12N2O2S.ClH/c1-4(5)3-6-9(2,7)8;/h4,6H,3,5H2,1-2H3;1H/t4-;/m0./s1. The smallest absolute Gasteiger partial charge is 0.208 e. The second kappa shape index (κ2) is 4.90. The van der Waals surface area contributed by atoms with Crippen molar-refractivity contribution in [3.05, 3.63) is 0 Å². The van der Waals surface area contributed by atoms with E-state index in [1.54, 1.807) is 6.92 Å². The zero-order valence-corrected chi connectivity index (χ0v) is 7.63. The molecule has 0 aliphatic rings. The van der Waals surface area contributed by atoms with E-state index in [0.717, 1.165) is 6.26 Å². The van der Waals surface area contributed by atoms with Gasteiger partial charge in [-0.15, -0.1) is 12.4 Å². The number of rotatable bonds is 3. The first-order chi connectivity index (χ1) is 3.92. The number of nitrogens with two attached hydrogens (primary N) is 1. The van der Waals surface area contributed by atoms with E-state index >= 15 is 0 Å². The third-order valence-electron chi connectivity index (χ3n) is 0.667. The first-order valence-corrected chi connectivity index (χ1v) is 4.51. The van der Waals surface area contributed by atoms with Crippen LogP contribution >= 0.6 is 12.4 Å². The fourth-order valence-corrected chi connectivity index (χ4v) is 0.848. The van der Waals surface area contributed by atoms with Crippen molar-refractivity contribution in [3.8, 4) is 0 Å². The van der Waals surface area contributed by atoms with Gasteiger partial charge in [-0.3, -0.25) is 0 Å². The van der Waals surface area contributed by atoms with Gasteiger partial charge in [-0.1, -0.05) is 0 Å². The summed E-state index contributed by atoms with van der Waals surface area (Å²) in [6.07, 6.45) is 1.11. The third-order valence-corrected chi connectivity index (χ3v) is 1.36. The first kappa shape index (κ1) is 12.8. The molecular formula is C4H13ClN2O2S. The van der Waals surface area contributed by atoms with Crippen LogP contribution < -0.4 is 10.5 Å². The molecule has 0 aromatic heterocycles. The fourth-order valence-electron chi connectivity index (χ4n) is 0.283. The Labute approximate surface area is 67.6 Å². The Kier molecular flexibility index (Phi) is 6.27. The van der Waals surface area contributed by atoms with E-state index in [9.17, 15) is 8.42 Å². The van der Waals surface area contributed by atoms with Crippen LogP contribution in [0.25, 0.3) is 0 Å². The van der Waals surface area contributed by atoms with Gasteiger partial charge < -0.3 is 5.73 Å². The molecule has 4 nitrogen and oxygen atoms in total. The summed E-state index contributed by atoms with van der Waals surface area (Å²) in [6.45, 7) is 2.04. The molecule has 0 rings (SSSR count). The minimum Gasteiger partial charge on any atom is -0.327 e. The van der Waals surface area contributed by atoms with Crippen LogP contribution in [0.3, 0.4) is 0 Å². The van der Waals surface area contributed by atoms with Crippen LogP contribution in [0.1, 0.15) is 6.92 Å². The fraction of sp³-hybridized carbons (Fsp3) is 1.00. The van der Waals surface area contributed by atoms with Gasteiger partial charge in [0.2, 0.25) is 10.0 Å². The average molecular weight is 189 g/mol. The lowest BCUT2D eigenvalue weighted by Crippen LogP contribution is -2.34. The molecule has 0 aliphatic heterocycles. The lowest BCUT2D eigenvalue weighted by Gasteiger charge is -2.03. The Morgan fingerprint density at radius 2 is 2.00 bits per heavy atom. The average Bonchev–Trinajstić information content (AvgIpc) is 1.59. The van der Waals surface area contributed by atoms with Crippen molar-refractivity contribution in [1.82, 2.24) is 4.72 Å². The topological polar surface area (TPSA) is 72.2 Å². The normalized spacial score (nSPS) is 13.9. The van der Waals surface area contributed by atoms with Gasteiger partial charge in [-0.25, -0.2) is 13.1 Å². The molecule has 6 heteroatoms. The van der Waals surface area contributed by atoms with Crippen LogP contribution in [0.5, 0.6) is 0 Å². The predicted molar refractivity (Wildman–Crippen MR) is 43.7 cm³/mol. The SMILES string of the molecule is C[C@H](N)CNS(C)(=O)=O.Cl. The highest BCUT2D eigenvalue weighted by Gasteiger charge is 2.00. The summed E-state index contributed by atoms with van der Waals surface area (Å²) < 4.78 is 23.0. The van der Waals surface area contributed by atoms with Crippen molar-refractivity contribution in [3.63, 3.8) is 0 Å².